The number of phenolic OH excluding ortho intramolecular Hbond substituents is 1. The highest BCUT2D eigenvalue weighted by Crippen LogP contribution is 2.64. The van der Waals surface area contributed by atoms with Gasteiger partial charge in [0, 0.05) is 32.6 Å². The van der Waals surface area contributed by atoms with E-state index in [9.17, 15) is 14.7 Å². The highest BCUT2D eigenvalue weighted by atomic mass is 127. The van der Waals surface area contributed by atoms with E-state index >= 15 is 9.59 Å². The number of aromatic hydroxyl groups is 1. The summed E-state index contributed by atoms with van der Waals surface area (Å²) in [4.78, 5) is 60.0. The molecule has 2 fully saturated rings. The first-order valence-electron chi connectivity index (χ1n) is 16.4. The van der Waals surface area contributed by atoms with Gasteiger partial charge in [0.05, 0.1) is 30.0 Å². The number of phenols is 1. The fourth-order valence-electron chi connectivity index (χ4n) is 9.00. The Hall–Kier alpha value is -4.83. The van der Waals surface area contributed by atoms with Crippen molar-refractivity contribution in [1.82, 2.24) is 0 Å². The van der Waals surface area contributed by atoms with Crippen molar-refractivity contribution in [2.75, 3.05) is 12.0 Å². The summed E-state index contributed by atoms with van der Waals surface area (Å²) in [7, 11) is 1.51. The maximum Gasteiger partial charge on any atom is 0.238 e. The molecule has 0 spiro atoms. The first kappa shape index (κ1) is 31.4. The van der Waals surface area contributed by atoms with Gasteiger partial charge in [-0.05, 0) is 88.9 Å². The third kappa shape index (κ3) is 4.67. The molecule has 8 heteroatoms. The van der Waals surface area contributed by atoms with Crippen LogP contribution in [0.2, 0.25) is 0 Å². The van der Waals surface area contributed by atoms with Crippen molar-refractivity contribution in [3.05, 3.63) is 141 Å². The van der Waals surface area contributed by atoms with Crippen molar-refractivity contribution >= 4 is 57.2 Å². The van der Waals surface area contributed by atoms with E-state index in [1.54, 1.807) is 24.3 Å². The number of hydrogen-bond donors (Lipinski definition) is 1. The van der Waals surface area contributed by atoms with Gasteiger partial charge >= 0.3 is 0 Å². The van der Waals surface area contributed by atoms with Gasteiger partial charge in [-0.2, -0.15) is 0 Å². The quantitative estimate of drug-likeness (QED) is 0.133. The molecule has 1 saturated carbocycles. The van der Waals surface area contributed by atoms with Gasteiger partial charge in [-0.1, -0.05) is 78.4 Å². The number of allylic oxidation sites excluding steroid dienone is 4. The number of anilines is 1. The molecule has 8 rings (SSSR count). The molecule has 49 heavy (non-hydrogen) atoms. The molecule has 0 radical (unpaired) electrons. The average Bonchev–Trinajstić information content (AvgIpc) is 3.39. The first-order valence-corrected chi connectivity index (χ1v) is 17.4. The second kappa shape index (κ2) is 11.9. The van der Waals surface area contributed by atoms with E-state index in [0.717, 1.165) is 9.14 Å². The van der Waals surface area contributed by atoms with E-state index in [1.165, 1.54) is 24.2 Å². The molecule has 6 atom stereocenters. The summed E-state index contributed by atoms with van der Waals surface area (Å²) in [5.74, 6) is -3.94. The normalized spacial score (nSPS) is 27.6. The minimum atomic E-state index is -1.38. The van der Waals surface area contributed by atoms with Gasteiger partial charge in [-0.15, -0.1) is 0 Å². The highest BCUT2D eigenvalue weighted by molar-refractivity contribution is 14.1. The molecule has 2 amide bonds. The predicted molar refractivity (Wildman–Crippen MR) is 193 cm³/mol. The maximum atomic E-state index is 15.1. The molecule has 244 valence electrons. The standard InChI is InChI=1S/C41H32INO6/c1-49-34-20-27(44)16-17-29(34)37-28-18-19-30-36(40(48)43(39(30)47)26-14-12-25(42)13-15-26)32(28)21-33-38(46)31(23-8-4-2-5-9-23)22-35(45)41(33,37)24-10-6-3-7-11-24/h2-18,20,22,30,32-33,36-37,44H,19,21H2,1H3/t30-,32+,33-,36-,37+,41-/m0/s1. The molecule has 7 nitrogen and oxygen atoms in total. The van der Waals surface area contributed by atoms with E-state index in [1.807, 2.05) is 78.9 Å². The van der Waals surface area contributed by atoms with E-state index in [0.29, 0.717) is 40.1 Å². The van der Waals surface area contributed by atoms with Gasteiger partial charge in [0.25, 0.3) is 0 Å². The van der Waals surface area contributed by atoms with Crippen LogP contribution in [0.25, 0.3) is 5.57 Å². The molecule has 3 aliphatic carbocycles. The Morgan fingerprint density at radius 2 is 1.53 bits per heavy atom. The molecule has 0 unspecified atom stereocenters. The summed E-state index contributed by atoms with van der Waals surface area (Å²) in [5.41, 5.74) is 2.31. The van der Waals surface area contributed by atoms with Crippen molar-refractivity contribution < 1.29 is 29.0 Å². The zero-order valence-corrected chi connectivity index (χ0v) is 28.7. The van der Waals surface area contributed by atoms with Crippen molar-refractivity contribution in [2.24, 2.45) is 23.7 Å². The SMILES string of the molecule is COc1cc(O)ccc1[C@H]1C2=CC[C@@H]3C(=O)N(c4ccc(I)cc4)C(=O)[C@@H]3[C@@H]2C[C@H]2C(=O)C(c3ccccc3)=CC(=O)[C@@]12c1ccccc1. The number of imide groups is 1. The summed E-state index contributed by atoms with van der Waals surface area (Å²) in [6, 6.07) is 30.8. The van der Waals surface area contributed by atoms with Crippen LogP contribution in [-0.4, -0.2) is 35.6 Å². The van der Waals surface area contributed by atoms with E-state index in [-0.39, 0.29) is 35.6 Å². The molecule has 1 heterocycles. The van der Waals surface area contributed by atoms with Gasteiger partial charge in [0.1, 0.15) is 11.5 Å². The number of nitrogens with zero attached hydrogens (tertiary/aromatic N) is 1. The summed E-state index contributed by atoms with van der Waals surface area (Å²) in [6.45, 7) is 0. The number of methoxy groups -OCH3 is 1. The number of halogens is 1. The van der Waals surface area contributed by atoms with E-state index in [4.69, 9.17) is 4.74 Å². The van der Waals surface area contributed by atoms with Crippen molar-refractivity contribution in [3.63, 3.8) is 0 Å². The smallest absolute Gasteiger partial charge is 0.238 e. The zero-order chi connectivity index (χ0) is 34.0. The summed E-state index contributed by atoms with van der Waals surface area (Å²) >= 11 is 2.19. The number of carbonyl (C=O) groups is 4. The van der Waals surface area contributed by atoms with Crippen LogP contribution in [0.15, 0.2) is 121 Å². The average molecular weight is 762 g/mol. The molecule has 4 aliphatic rings. The Balaban J connectivity index is 1.37. The highest BCUT2D eigenvalue weighted by Gasteiger charge is 2.66. The van der Waals surface area contributed by atoms with Crippen LogP contribution in [-0.2, 0) is 24.6 Å². The van der Waals surface area contributed by atoms with Crippen molar-refractivity contribution in [2.45, 2.75) is 24.2 Å². The van der Waals surface area contributed by atoms with Crippen LogP contribution >= 0.6 is 22.6 Å². The van der Waals surface area contributed by atoms with Crippen molar-refractivity contribution in [3.8, 4) is 11.5 Å². The fraction of sp³-hybridized carbons (Fsp3) is 0.220. The molecule has 0 bridgehead atoms. The van der Waals surface area contributed by atoms with Crippen molar-refractivity contribution in [1.29, 1.82) is 0 Å². The second-order valence-electron chi connectivity index (χ2n) is 13.2. The summed E-state index contributed by atoms with van der Waals surface area (Å²) < 4.78 is 6.84. The number of ether oxygens (including phenoxy) is 1. The molecule has 1 aliphatic heterocycles. The van der Waals surface area contributed by atoms with Crippen LogP contribution in [0.1, 0.15) is 35.4 Å². The largest absolute Gasteiger partial charge is 0.508 e. The van der Waals surface area contributed by atoms with Gasteiger partial charge in [-0.25, -0.2) is 0 Å². The Labute approximate surface area is 297 Å². The Morgan fingerprint density at radius 1 is 0.837 bits per heavy atom. The lowest BCUT2D eigenvalue weighted by molar-refractivity contribution is -0.135. The number of benzene rings is 4. The van der Waals surface area contributed by atoms with Crippen LogP contribution in [0.5, 0.6) is 11.5 Å². The predicted octanol–water partition coefficient (Wildman–Crippen LogP) is 7.03. The summed E-state index contributed by atoms with van der Waals surface area (Å²) in [6.07, 6.45) is 4.06. The Kier molecular flexibility index (Phi) is 7.66. The number of ketones is 2. The third-order valence-corrected chi connectivity index (χ3v) is 11.7. The molecule has 0 aromatic heterocycles. The maximum absolute atomic E-state index is 15.1. The fourth-order valence-corrected chi connectivity index (χ4v) is 9.36. The second-order valence-corrected chi connectivity index (χ2v) is 14.4. The lowest BCUT2D eigenvalue weighted by Crippen LogP contribution is -2.58. The number of fused-ring (bicyclic) bond motifs is 4. The monoisotopic (exact) mass is 761 g/mol. The number of hydrogen-bond acceptors (Lipinski definition) is 6. The van der Waals surface area contributed by atoms with Crippen LogP contribution in [0.4, 0.5) is 5.69 Å². The topological polar surface area (TPSA) is 101 Å². The van der Waals surface area contributed by atoms with E-state index < -0.39 is 35.0 Å². The molecular weight excluding hydrogens is 729 g/mol. The van der Waals surface area contributed by atoms with Crippen LogP contribution in [0.3, 0.4) is 0 Å². The molecule has 1 saturated heterocycles. The third-order valence-electron chi connectivity index (χ3n) is 11.0. The van der Waals surface area contributed by atoms with Gasteiger partial charge in [-0.3, -0.25) is 24.1 Å². The van der Waals surface area contributed by atoms with Gasteiger partial charge < -0.3 is 9.84 Å². The zero-order valence-electron chi connectivity index (χ0n) is 26.6. The number of Topliss-reactive ketones (excluding diaryl/α,β-unsaturated/α-hetero) is 1. The Bertz CT molecular complexity index is 2090. The van der Waals surface area contributed by atoms with Crippen LogP contribution < -0.4 is 9.64 Å². The van der Waals surface area contributed by atoms with E-state index in [2.05, 4.69) is 22.6 Å². The minimum Gasteiger partial charge on any atom is -0.508 e. The molecule has 1 N–H and O–H groups in total. The Morgan fingerprint density at radius 3 is 2.22 bits per heavy atom. The molecular formula is C41H32INO6. The van der Waals surface area contributed by atoms with Gasteiger partial charge in [0.15, 0.2) is 11.6 Å². The number of rotatable bonds is 5. The minimum absolute atomic E-state index is 0.00186. The molecule has 4 aromatic carbocycles. The van der Waals surface area contributed by atoms with Gasteiger partial charge in [0.2, 0.25) is 11.8 Å². The van der Waals surface area contributed by atoms with Crippen LogP contribution in [0, 0.1) is 27.2 Å². The first-order chi connectivity index (χ1) is 23.7. The molecule has 4 aromatic rings. The lowest BCUT2D eigenvalue weighted by atomic mass is 9.44. The lowest BCUT2D eigenvalue weighted by Gasteiger charge is -2.55. The number of carbonyl (C=O) groups excluding carboxylic acids is 4. The summed E-state index contributed by atoms with van der Waals surface area (Å²) in [5, 5.41) is 10.5. The number of amides is 2.